The first-order valence-electron chi connectivity index (χ1n) is 7.84. The summed E-state index contributed by atoms with van der Waals surface area (Å²) < 4.78 is 16.9. The molecule has 124 valence electrons. The average Bonchev–Trinajstić information content (AvgIpc) is 2.55. The summed E-state index contributed by atoms with van der Waals surface area (Å²) in [6.07, 6.45) is 0.826. The van der Waals surface area contributed by atoms with Gasteiger partial charge in [-0.3, -0.25) is 0 Å². The van der Waals surface area contributed by atoms with Crippen molar-refractivity contribution in [1.29, 1.82) is 0 Å². The minimum absolute atomic E-state index is 0.458. The van der Waals surface area contributed by atoms with Gasteiger partial charge in [0.15, 0.2) is 11.5 Å². The fraction of sp³-hybridized carbons (Fsp3) is 0.368. The minimum Gasteiger partial charge on any atom is -0.493 e. The lowest BCUT2D eigenvalue weighted by Gasteiger charge is -2.13. The van der Waals surface area contributed by atoms with Crippen molar-refractivity contribution in [2.45, 2.75) is 20.3 Å². The summed E-state index contributed by atoms with van der Waals surface area (Å²) in [7, 11) is 1.64. The lowest BCUT2D eigenvalue weighted by molar-refractivity contribution is 0.210. The van der Waals surface area contributed by atoms with E-state index in [4.69, 9.17) is 19.9 Å². The normalized spacial score (nSPS) is 10.4. The zero-order valence-corrected chi connectivity index (χ0v) is 14.1. The summed E-state index contributed by atoms with van der Waals surface area (Å²) in [6, 6.07) is 12.1. The maximum atomic E-state index is 5.79. The molecule has 0 spiro atoms. The van der Waals surface area contributed by atoms with Gasteiger partial charge in [-0.05, 0) is 61.7 Å². The molecule has 2 rings (SSSR count). The van der Waals surface area contributed by atoms with Gasteiger partial charge >= 0.3 is 0 Å². The first kappa shape index (κ1) is 17.2. The number of hydrogen-bond acceptors (Lipinski definition) is 4. The molecule has 4 nitrogen and oxygen atoms in total. The van der Waals surface area contributed by atoms with Gasteiger partial charge in [-0.25, -0.2) is 0 Å². The van der Waals surface area contributed by atoms with Crippen molar-refractivity contribution in [3.8, 4) is 17.2 Å². The number of rotatable bonds is 8. The van der Waals surface area contributed by atoms with Crippen LogP contribution in [0.25, 0.3) is 0 Å². The zero-order valence-electron chi connectivity index (χ0n) is 14.1. The van der Waals surface area contributed by atoms with Crippen LogP contribution in [0.3, 0.4) is 0 Å². The highest BCUT2D eigenvalue weighted by molar-refractivity contribution is 5.43. The number of aryl methyl sites for hydroxylation is 2. The second-order valence-corrected chi connectivity index (χ2v) is 5.49. The van der Waals surface area contributed by atoms with Crippen LogP contribution in [0.4, 0.5) is 0 Å². The van der Waals surface area contributed by atoms with Crippen LogP contribution in [0.2, 0.25) is 0 Å². The molecule has 0 aliphatic carbocycles. The quantitative estimate of drug-likeness (QED) is 0.760. The summed E-state index contributed by atoms with van der Waals surface area (Å²) >= 11 is 0. The molecule has 0 bridgehead atoms. The number of methoxy groups -OCH3 is 1. The molecule has 23 heavy (non-hydrogen) atoms. The third kappa shape index (κ3) is 4.89. The van der Waals surface area contributed by atoms with Gasteiger partial charge in [0.25, 0.3) is 0 Å². The molecule has 0 radical (unpaired) electrons. The van der Waals surface area contributed by atoms with E-state index < -0.39 is 0 Å². The van der Waals surface area contributed by atoms with Crippen LogP contribution < -0.4 is 19.9 Å². The van der Waals surface area contributed by atoms with Crippen LogP contribution in [0.1, 0.15) is 16.7 Å². The summed E-state index contributed by atoms with van der Waals surface area (Å²) in [5.41, 5.74) is 9.03. The van der Waals surface area contributed by atoms with Gasteiger partial charge in [0.05, 0.1) is 7.11 Å². The summed E-state index contributed by atoms with van der Waals surface area (Å²) in [5, 5.41) is 0. The first-order valence-corrected chi connectivity index (χ1v) is 7.84. The molecule has 0 atom stereocenters. The zero-order chi connectivity index (χ0) is 16.7. The lowest BCUT2D eigenvalue weighted by Crippen LogP contribution is -2.10. The van der Waals surface area contributed by atoms with Gasteiger partial charge < -0.3 is 19.9 Å². The topological polar surface area (TPSA) is 53.7 Å². The van der Waals surface area contributed by atoms with E-state index in [0.717, 1.165) is 34.8 Å². The maximum Gasteiger partial charge on any atom is 0.161 e. The van der Waals surface area contributed by atoms with Crippen molar-refractivity contribution >= 4 is 0 Å². The Hall–Kier alpha value is -2.20. The molecule has 0 saturated carbocycles. The number of benzene rings is 2. The predicted molar refractivity (Wildman–Crippen MR) is 92.7 cm³/mol. The first-order chi connectivity index (χ1) is 11.1. The Bertz CT molecular complexity index is 641. The molecule has 0 heterocycles. The number of ether oxygens (including phenoxy) is 3. The van der Waals surface area contributed by atoms with Gasteiger partial charge in [0.2, 0.25) is 0 Å². The highest BCUT2D eigenvalue weighted by Crippen LogP contribution is 2.28. The van der Waals surface area contributed by atoms with E-state index in [0.29, 0.717) is 19.8 Å². The van der Waals surface area contributed by atoms with Gasteiger partial charge in [-0.1, -0.05) is 18.2 Å². The highest BCUT2D eigenvalue weighted by Gasteiger charge is 2.06. The molecule has 0 unspecified atom stereocenters. The maximum absolute atomic E-state index is 5.79. The SMILES string of the molecule is COc1cc(CCN)ccc1OCCOc1cc(C)ccc1C. The monoisotopic (exact) mass is 315 g/mol. The van der Waals surface area contributed by atoms with Gasteiger partial charge in [-0.2, -0.15) is 0 Å². The summed E-state index contributed by atoms with van der Waals surface area (Å²) in [6.45, 7) is 5.65. The molecule has 2 aromatic carbocycles. The van der Waals surface area contributed by atoms with E-state index in [2.05, 4.69) is 19.1 Å². The molecule has 4 heteroatoms. The molecular weight excluding hydrogens is 290 g/mol. The molecule has 2 aromatic rings. The fourth-order valence-corrected chi connectivity index (χ4v) is 2.32. The standard InChI is InChI=1S/C19H25NO3/c1-14-4-5-15(2)18(12-14)23-11-10-22-17-7-6-16(8-9-20)13-19(17)21-3/h4-7,12-13H,8-11,20H2,1-3H3. The van der Waals surface area contributed by atoms with Crippen molar-refractivity contribution in [3.05, 3.63) is 53.1 Å². The Kier molecular flexibility index (Phi) is 6.29. The third-order valence-corrected chi connectivity index (χ3v) is 3.60. The Morgan fingerprint density at radius 2 is 1.61 bits per heavy atom. The Labute approximate surface area is 138 Å². The molecule has 0 fully saturated rings. The Morgan fingerprint density at radius 3 is 2.30 bits per heavy atom. The van der Waals surface area contributed by atoms with Crippen LogP contribution in [0, 0.1) is 13.8 Å². The molecule has 0 saturated heterocycles. The van der Waals surface area contributed by atoms with Crippen LogP contribution in [0.15, 0.2) is 36.4 Å². The van der Waals surface area contributed by atoms with E-state index in [1.807, 2.05) is 31.2 Å². The second kappa shape index (κ2) is 8.44. The van der Waals surface area contributed by atoms with Gasteiger partial charge in [0, 0.05) is 0 Å². The Morgan fingerprint density at radius 1 is 0.870 bits per heavy atom. The molecule has 0 amide bonds. The smallest absolute Gasteiger partial charge is 0.161 e. The van der Waals surface area contributed by atoms with Crippen molar-refractivity contribution in [2.24, 2.45) is 5.73 Å². The number of hydrogen-bond donors (Lipinski definition) is 1. The molecule has 2 N–H and O–H groups in total. The summed E-state index contributed by atoms with van der Waals surface area (Å²) in [5.74, 6) is 2.35. The molecule has 0 aromatic heterocycles. The molecular formula is C19H25NO3. The number of nitrogens with two attached hydrogens (primary N) is 1. The van der Waals surface area contributed by atoms with E-state index in [1.54, 1.807) is 7.11 Å². The van der Waals surface area contributed by atoms with E-state index in [9.17, 15) is 0 Å². The van der Waals surface area contributed by atoms with Crippen molar-refractivity contribution in [2.75, 3.05) is 26.9 Å². The van der Waals surface area contributed by atoms with Crippen molar-refractivity contribution in [3.63, 3.8) is 0 Å². The van der Waals surface area contributed by atoms with E-state index >= 15 is 0 Å². The Balaban J connectivity index is 1.89. The predicted octanol–water partition coefficient (Wildman–Crippen LogP) is 3.27. The van der Waals surface area contributed by atoms with Crippen LogP contribution >= 0.6 is 0 Å². The van der Waals surface area contributed by atoms with Crippen LogP contribution in [-0.4, -0.2) is 26.9 Å². The van der Waals surface area contributed by atoms with E-state index in [-0.39, 0.29) is 0 Å². The van der Waals surface area contributed by atoms with Crippen LogP contribution in [0.5, 0.6) is 17.2 Å². The van der Waals surface area contributed by atoms with E-state index in [1.165, 1.54) is 5.56 Å². The summed E-state index contributed by atoms with van der Waals surface area (Å²) in [4.78, 5) is 0. The largest absolute Gasteiger partial charge is 0.493 e. The van der Waals surface area contributed by atoms with Crippen LogP contribution in [-0.2, 0) is 6.42 Å². The molecule has 0 aliphatic rings. The third-order valence-electron chi connectivity index (χ3n) is 3.60. The highest BCUT2D eigenvalue weighted by atomic mass is 16.5. The average molecular weight is 315 g/mol. The van der Waals surface area contributed by atoms with Crippen molar-refractivity contribution < 1.29 is 14.2 Å². The fourth-order valence-electron chi connectivity index (χ4n) is 2.32. The molecule has 0 aliphatic heterocycles. The lowest BCUT2D eigenvalue weighted by atomic mass is 10.1. The van der Waals surface area contributed by atoms with Gasteiger partial charge in [0.1, 0.15) is 19.0 Å². The van der Waals surface area contributed by atoms with Gasteiger partial charge in [-0.15, -0.1) is 0 Å². The van der Waals surface area contributed by atoms with Crippen molar-refractivity contribution in [1.82, 2.24) is 0 Å². The minimum atomic E-state index is 0.458. The second-order valence-electron chi connectivity index (χ2n) is 5.49.